The van der Waals surface area contributed by atoms with E-state index in [4.69, 9.17) is 0 Å². The van der Waals surface area contributed by atoms with Gasteiger partial charge in [0, 0.05) is 22.7 Å². The fraction of sp³-hybridized carbons (Fsp3) is 0.242. The lowest BCUT2D eigenvalue weighted by atomic mass is 9.89. The SMILES string of the molecule is C=C\C(C(=O)NC(CCC)c1ccccc1C)=C(C)/C(/C=C\C)=C(\C)C(=C)c1cccc2[nH]ccc12. The predicted molar refractivity (Wildman–Crippen MR) is 155 cm³/mol. The number of aromatic amines is 1. The van der Waals surface area contributed by atoms with Gasteiger partial charge in [-0.05, 0) is 85.2 Å². The van der Waals surface area contributed by atoms with Crippen LogP contribution in [-0.2, 0) is 4.79 Å². The minimum Gasteiger partial charge on any atom is -0.361 e. The maximum atomic E-state index is 13.6. The Morgan fingerprint density at radius 3 is 2.47 bits per heavy atom. The standard InChI is InChI=1S/C33H38N2O/c1-8-14-28(23(5)24(6)29-18-13-19-31-30(29)20-21-34-31)25(7)26(10-3)33(36)35-32(15-9-2)27-17-12-11-16-22(27)4/h8,10-14,16-21,32,34H,3,6,9,15H2,1-2,4-5,7H3,(H,35,36)/b14-8-,26-25+,28-23+. The zero-order valence-electron chi connectivity index (χ0n) is 22.2. The maximum absolute atomic E-state index is 13.6. The molecule has 2 aromatic carbocycles. The van der Waals surface area contributed by atoms with E-state index in [1.807, 2.05) is 44.3 Å². The zero-order chi connectivity index (χ0) is 26.2. The van der Waals surface area contributed by atoms with Crippen molar-refractivity contribution in [2.45, 2.75) is 53.5 Å². The number of rotatable bonds is 10. The third-order valence-corrected chi connectivity index (χ3v) is 6.81. The van der Waals surface area contributed by atoms with Crippen molar-refractivity contribution >= 4 is 22.4 Å². The van der Waals surface area contributed by atoms with Crippen molar-refractivity contribution in [1.29, 1.82) is 0 Å². The molecule has 186 valence electrons. The van der Waals surface area contributed by atoms with Gasteiger partial charge in [-0.15, -0.1) is 0 Å². The van der Waals surface area contributed by atoms with Crippen LogP contribution >= 0.6 is 0 Å². The average molecular weight is 479 g/mol. The molecule has 3 rings (SSSR count). The summed E-state index contributed by atoms with van der Waals surface area (Å²) in [5, 5.41) is 4.41. The second-order valence-electron chi connectivity index (χ2n) is 9.18. The Morgan fingerprint density at radius 1 is 1.06 bits per heavy atom. The van der Waals surface area contributed by atoms with Gasteiger partial charge in [-0.25, -0.2) is 0 Å². The molecule has 0 saturated carbocycles. The molecule has 0 spiro atoms. The second-order valence-corrected chi connectivity index (χ2v) is 9.18. The molecule has 1 unspecified atom stereocenters. The van der Waals surface area contributed by atoms with Crippen LogP contribution in [-0.4, -0.2) is 10.9 Å². The molecule has 2 N–H and O–H groups in total. The van der Waals surface area contributed by atoms with E-state index in [-0.39, 0.29) is 11.9 Å². The summed E-state index contributed by atoms with van der Waals surface area (Å²) >= 11 is 0. The number of nitrogens with one attached hydrogen (secondary N) is 2. The van der Waals surface area contributed by atoms with Gasteiger partial charge in [0.15, 0.2) is 0 Å². The van der Waals surface area contributed by atoms with Crippen LogP contribution in [0.3, 0.4) is 0 Å². The molecule has 36 heavy (non-hydrogen) atoms. The van der Waals surface area contributed by atoms with E-state index in [1.54, 1.807) is 6.08 Å². The molecule has 1 atom stereocenters. The van der Waals surface area contributed by atoms with Gasteiger partial charge in [0.05, 0.1) is 6.04 Å². The molecule has 0 saturated heterocycles. The molecule has 0 aliphatic rings. The summed E-state index contributed by atoms with van der Waals surface area (Å²) in [5.74, 6) is -0.114. The van der Waals surface area contributed by atoms with E-state index in [2.05, 4.69) is 80.6 Å². The Hall–Kier alpha value is -3.85. The molecule has 1 aromatic heterocycles. The molecule has 3 nitrogen and oxygen atoms in total. The molecule has 1 heterocycles. The summed E-state index contributed by atoms with van der Waals surface area (Å²) < 4.78 is 0. The van der Waals surface area contributed by atoms with Crippen LogP contribution < -0.4 is 5.32 Å². The van der Waals surface area contributed by atoms with Gasteiger partial charge in [-0.3, -0.25) is 4.79 Å². The van der Waals surface area contributed by atoms with Gasteiger partial charge in [-0.2, -0.15) is 0 Å². The summed E-state index contributed by atoms with van der Waals surface area (Å²) in [5.41, 5.74) is 8.86. The summed E-state index contributed by atoms with van der Waals surface area (Å²) in [6, 6.07) is 16.4. The van der Waals surface area contributed by atoms with Gasteiger partial charge in [-0.1, -0.05) is 81.1 Å². The lowest BCUT2D eigenvalue weighted by Gasteiger charge is -2.22. The average Bonchev–Trinajstić information content (AvgIpc) is 3.36. The molecular formula is C33H38N2O. The minimum atomic E-state index is -0.114. The molecule has 0 bridgehead atoms. The fourth-order valence-electron chi connectivity index (χ4n) is 4.78. The summed E-state index contributed by atoms with van der Waals surface area (Å²) in [6.07, 6.45) is 9.50. The van der Waals surface area contributed by atoms with Crippen LogP contribution in [0.2, 0.25) is 0 Å². The molecule has 1 amide bonds. The molecular weight excluding hydrogens is 440 g/mol. The number of aryl methyl sites for hydroxylation is 1. The first kappa shape index (κ1) is 26.7. The Morgan fingerprint density at radius 2 is 1.81 bits per heavy atom. The van der Waals surface area contributed by atoms with E-state index in [1.165, 1.54) is 5.56 Å². The smallest absolute Gasteiger partial charge is 0.252 e. The van der Waals surface area contributed by atoms with Crippen molar-refractivity contribution in [3.05, 3.63) is 125 Å². The highest BCUT2D eigenvalue weighted by Gasteiger charge is 2.20. The van der Waals surface area contributed by atoms with E-state index in [0.717, 1.165) is 57.2 Å². The normalized spacial score (nSPS) is 13.8. The number of benzene rings is 2. The van der Waals surface area contributed by atoms with Crippen molar-refractivity contribution in [1.82, 2.24) is 10.3 Å². The van der Waals surface area contributed by atoms with Crippen molar-refractivity contribution < 1.29 is 4.79 Å². The highest BCUT2D eigenvalue weighted by molar-refractivity contribution is 5.99. The molecule has 0 fully saturated rings. The number of fused-ring (bicyclic) bond motifs is 1. The molecule has 0 aliphatic heterocycles. The van der Waals surface area contributed by atoms with Crippen LogP contribution in [0.15, 0.2) is 108 Å². The van der Waals surface area contributed by atoms with Gasteiger partial charge in [0.1, 0.15) is 0 Å². The first-order valence-electron chi connectivity index (χ1n) is 12.6. The lowest BCUT2D eigenvalue weighted by molar-refractivity contribution is -0.118. The van der Waals surface area contributed by atoms with Crippen LogP contribution in [0.4, 0.5) is 0 Å². The van der Waals surface area contributed by atoms with Crippen LogP contribution in [0, 0.1) is 6.92 Å². The predicted octanol–water partition coefficient (Wildman–Crippen LogP) is 8.54. The summed E-state index contributed by atoms with van der Waals surface area (Å²) in [4.78, 5) is 16.9. The van der Waals surface area contributed by atoms with Crippen molar-refractivity contribution in [2.75, 3.05) is 0 Å². The Balaban J connectivity index is 2.03. The Bertz CT molecular complexity index is 1360. The highest BCUT2D eigenvalue weighted by atomic mass is 16.1. The number of hydrogen-bond donors (Lipinski definition) is 2. The molecule has 0 radical (unpaired) electrons. The monoisotopic (exact) mass is 478 g/mol. The van der Waals surface area contributed by atoms with Crippen molar-refractivity contribution in [3.8, 4) is 0 Å². The van der Waals surface area contributed by atoms with E-state index in [9.17, 15) is 4.79 Å². The number of aromatic nitrogens is 1. The second kappa shape index (κ2) is 12.2. The Labute approximate surface area is 216 Å². The van der Waals surface area contributed by atoms with Crippen LogP contribution in [0.5, 0.6) is 0 Å². The van der Waals surface area contributed by atoms with Gasteiger partial charge >= 0.3 is 0 Å². The zero-order valence-corrected chi connectivity index (χ0v) is 22.2. The minimum absolute atomic E-state index is 0.0529. The Kier molecular flexibility index (Phi) is 9.08. The number of carbonyl (C=O) groups is 1. The van der Waals surface area contributed by atoms with Gasteiger partial charge in [0.25, 0.3) is 5.91 Å². The number of amides is 1. The van der Waals surface area contributed by atoms with Gasteiger partial charge in [0.2, 0.25) is 0 Å². The molecule has 0 aliphatic carbocycles. The largest absolute Gasteiger partial charge is 0.361 e. The summed E-state index contributed by atoms with van der Waals surface area (Å²) in [7, 11) is 0. The molecule has 3 aromatic rings. The number of H-pyrrole nitrogens is 1. The maximum Gasteiger partial charge on any atom is 0.252 e. The van der Waals surface area contributed by atoms with Crippen molar-refractivity contribution in [2.24, 2.45) is 0 Å². The van der Waals surface area contributed by atoms with Gasteiger partial charge < -0.3 is 10.3 Å². The number of carbonyl (C=O) groups excluding carboxylic acids is 1. The van der Waals surface area contributed by atoms with Crippen LogP contribution in [0.1, 0.15) is 63.3 Å². The fourth-order valence-corrected chi connectivity index (χ4v) is 4.78. The lowest BCUT2D eigenvalue weighted by Crippen LogP contribution is -2.30. The quantitative estimate of drug-likeness (QED) is 0.222. The van der Waals surface area contributed by atoms with Crippen molar-refractivity contribution in [3.63, 3.8) is 0 Å². The first-order chi connectivity index (χ1) is 17.3. The highest BCUT2D eigenvalue weighted by Crippen LogP contribution is 2.33. The topological polar surface area (TPSA) is 44.9 Å². The third-order valence-electron chi connectivity index (χ3n) is 6.81. The van der Waals surface area contributed by atoms with E-state index in [0.29, 0.717) is 5.57 Å². The summed E-state index contributed by atoms with van der Waals surface area (Å²) in [6.45, 7) is 18.7. The third kappa shape index (κ3) is 5.68. The first-order valence-corrected chi connectivity index (χ1v) is 12.6. The number of allylic oxidation sites excluding steroid dienone is 6. The van der Waals surface area contributed by atoms with E-state index < -0.39 is 0 Å². The number of hydrogen-bond acceptors (Lipinski definition) is 1. The van der Waals surface area contributed by atoms with Crippen LogP contribution in [0.25, 0.3) is 16.5 Å². The van der Waals surface area contributed by atoms with E-state index >= 15 is 0 Å². The molecule has 3 heteroatoms.